The summed E-state index contributed by atoms with van der Waals surface area (Å²) in [5.41, 5.74) is 1.06. The summed E-state index contributed by atoms with van der Waals surface area (Å²) >= 11 is 1.26. The number of carbonyl (C=O) groups excluding carboxylic acids is 1. The van der Waals surface area contributed by atoms with E-state index in [2.05, 4.69) is 20.4 Å². The van der Waals surface area contributed by atoms with Crippen molar-refractivity contribution in [1.82, 2.24) is 25.1 Å². The zero-order valence-electron chi connectivity index (χ0n) is 15.7. The standard InChI is InChI=1S/C20H23N5O2S/c1-13(18(26)22-14-8-4-2-5-9-14)28-20-23-17-16(19(27)24-20)12-21-25(17)15-10-6-3-7-11-15/h3,6-7,10-14H,2,4-5,8-9H2,1H3,(H,22,26)(H,23,24,27)/t13-/m0/s1. The topological polar surface area (TPSA) is 92.7 Å². The van der Waals surface area contributed by atoms with Gasteiger partial charge in [-0.05, 0) is 31.9 Å². The maximum atomic E-state index is 12.5. The van der Waals surface area contributed by atoms with E-state index < -0.39 is 0 Å². The van der Waals surface area contributed by atoms with Crippen LogP contribution in [-0.4, -0.2) is 36.9 Å². The Kier molecular flexibility index (Phi) is 5.47. The van der Waals surface area contributed by atoms with Crippen molar-refractivity contribution in [3.8, 4) is 5.69 Å². The van der Waals surface area contributed by atoms with E-state index in [4.69, 9.17) is 0 Å². The maximum absolute atomic E-state index is 12.5. The van der Waals surface area contributed by atoms with Crippen molar-refractivity contribution in [2.45, 2.75) is 55.5 Å². The number of amides is 1. The zero-order chi connectivity index (χ0) is 19.5. The second-order valence-corrected chi connectivity index (χ2v) is 8.43. The average molecular weight is 398 g/mol. The van der Waals surface area contributed by atoms with E-state index in [-0.39, 0.29) is 22.8 Å². The Morgan fingerprint density at radius 1 is 1.25 bits per heavy atom. The average Bonchev–Trinajstić information content (AvgIpc) is 3.14. The van der Waals surface area contributed by atoms with Crippen molar-refractivity contribution in [2.75, 3.05) is 0 Å². The first-order valence-corrected chi connectivity index (χ1v) is 10.5. The SMILES string of the molecule is C[C@H](Sc1nc2c(cnn2-c2ccccc2)c(=O)[nH]1)C(=O)NC1CCCCC1. The van der Waals surface area contributed by atoms with Gasteiger partial charge in [0.05, 0.1) is 17.1 Å². The first-order chi connectivity index (χ1) is 13.6. The van der Waals surface area contributed by atoms with Gasteiger partial charge in [0.1, 0.15) is 5.39 Å². The second-order valence-electron chi connectivity index (χ2n) is 7.10. The lowest BCUT2D eigenvalue weighted by Crippen LogP contribution is -2.40. The monoisotopic (exact) mass is 397 g/mol. The molecule has 1 amide bonds. The summed E-state index contributed by atoms with van der Waals surface area (Å²) in [5, 5.41) is 7.92. The van der Waals surface area contributed by atoms with Gasteiger partial charge in [0, 0.05) is 6.04 Å². The quantitative estimate of drug-likeness (QED) is 0.510. The summed E-state index contributed by atoms with van der Waals surface area (Å²) in [6.07, 6.45) is 7.18. The molecule has 8 heteroatoms. The van der Waals surface area contributed by atoms with Crippen LogP contribution in [0.5, 0.6) is 0 Å². The normalized spacial score (nSPS) is 16.2. The Labute approximate surface area is 166 Å². The van der Waals surface area contributed by atoms with Crippen molar-refractivity contribution in [3.05, 3.63) is 46.9 Å². The summed E-state index contributed by atoms with van der Waals surface area (Å²) in [5.74, 6) is -0.0174. The molecule has 3 aromatic rings. The molecule has 1 aliphatic rings. The number of carbonyl (C=O) groups is 1. The molecular formula is C20H23N5O2S. The van der Waals surface area contributed by atoms with Crippen LogP contribution in [0.3, 0.4) is 0 Å². The fourth-order valence-corrected chi connectivity index (χ4v) is 4.30. The Morgan fingerprint density at radius 3 is 2.75 bits per heavy atom. The third-order valence-electron chi connectivity index (χ3n) is 5.03. The molecule has 1 atom stereocenters. The van der Waals surface area contributed by atoms with E-state index in [0.717, 1.165) is 18.5 Å². The van der Waals surface area contributed by atoms with E-state index in [1.165, 1.54) is 37.2 Å². The Hall–Kier alpha value is -2.61. The third kappa shape index (κ3) is 3.96. The van der Waals surface area contributed by atoms with Crippen LogP contribution in [0.15, 0.2) is 46.5 Å². The van der Waals surface area contributed by atoms with Crippen LogP contribution in [0.2, 0.25) is 0 Å². The van der Waals surface area contributed by atoms with Crippen LogP contribution < -0.4 is 10.9 Å². The number of fused-ring (bicyclic) bond motifs is 1. The van der Waals surface area contributed by atoms with E-state index in [1.54, 1.807) is 4.68 Å². The molecule has 1 aliphatic carbocycles. The number of aromatic amines is 1. The molecule has 1 aromatic carbocycles. The van der Waals surface area contributed by atoms with Crippen LogP contribution in [0.4, 0.5) is 0 Å². The molecule has 146 valence electrons. The molecule has 2 heterocycles. The van der Waals surface area contributed by atoms with Gasteiger partial charge in [-0.3, -0.25) is 9.59 Å². The smallest absolute Gasteiger partial charge is 0.262 e. The van der Waals surface area contributed by atoms with Gasteiger partial charge in [-0.15, -0.1) is 0 Å². The van der Waals surface area contributed by atoms with Gasteiger partial charge in [-0.2, -0.15) is 5.10 Å². The molecule has 7 nitrogen and oxygen atoms in total. The molecule has 0 aliphatic heterocycles. The molecule has 0 unspecified atom stereocenters. The van der Waals surface area contributed by atoms with Crippen LogP contribution >= 0.6 is 11.8 Å². The molecule has 0 spiro atoms. The van der Waals surface area contributed by atoms with E-state index in [1.807, 2.05) is 37.3 Å². The van der Waals surface area contributed by atoms with Gasteiger partial charge in [-0.1, -0.05) is 49.2 Å². The van der Waals surface area contributed by atoms with E-state index >= 15 is 0 Å². The lowest BCUT2D eigenvalue weighted by molar-refractivity contribution is -0.121. The van der Waals surface area contributed by atoms with Gasteiger partial charge in [0.15, 0.2) is 10.8 Å². The van der Waals surface area contributed by atoms with Crippen LogP contribution in [0, 0.1) is 0 Å². The number of aromatic nitrogens is 4. The van der Waals surface area contributed by atoms with Crippen molar-refractivity contribution < 1.29 is 4.79 Å². The zero-order valence-corrected chi connectivity index (χ0v) is 16.5. The number of hydrogen-bond acceptors (Lipinski definition) is 5. The Balaban J connectivity index is 1.55. The van der Waals surface area contributed by atoms with Crippen LogP contribution in [0.25, 0.3) is 16.7 Å². The minimum Gasteiger partial charge on any atom is -0.352 e. The number of hydrogen-bond donors (Lipinski definition) is 2. The summed E-state index contributed by atoms with van der Waals surface area (Å²) in [4.78, 5) is 32.3. The maximum Gasteiger partial charge on any atom is 0.262 e. The summed E-state index contributed by atoms with van der Waals surface area (Å²) in [6, 6.07) is 9.80. The number of nitrogens with one attached hydrogen (secondary N) is 2. The number of nitrogens with zero attached hydrogens (tertiary/aromatic N) is 3. The number of rotatable bonds is 5. The molecule has 4 rings (SSSR count). The highest BCUT2D eigenvalue weighted by Crippen LogP contribution is 2.23. The molecule has 1 fully saturated rings. The predicted molar refractivity (Wildman–Crippen MR) is 110 cm³/mol. The van der Waals surface area contributed by atoms with Gasteiger partial charge in [0.2, 0.25) is 5.91 Å². The minimum absolute atomic E-state index is 0.0174. The number of para-hydroxylation sites is 1. The molecule has 28 heavy (non-hydrogen) atoms. The Morgan fingerprint density at radius 2 is 2.00 bits per heavy atom. The van der Waals surface area contributed by atoms with Crippen molar-refractivity contribution in [1.29, 1.82) is 0 Å². The molecule has 0 bridgehead atoms. The van der Waals surface area contributed by atoms with Gasteiger partial charge >= 0.3 is 0 Å². The number of benzene rings is 1. The van der Waals surface area contributed by atoms with Crippen molar-refractivity contribution in [2.24, 2.45) is 0 Å². The Bertz CT molecular complexity index is 1020. The number of thioether (sulfide) groups is 1. The number of H-pyrrole nitrogens is 1. The fourth-order valence-electron chi connectivity index (χ4n) is 3.50. The van der Waals surface area contributed by atoms with Gasteiger partial charge < -0.3 is 10.3 Å². The van der Waals surface area contributed by atoms with Gasteiger partial charge in [-0.25, -0.2) is 9.67 Å². The van der Waals surface area contributed by atoms with Crippen LogP contribution in [0.1, 0.15) is 39.0 Å². The van der Waals surface area contributed by atoms with Gasteiger partial charge in [0.25, 0.3) is 5.56 Å². The molecule has 0 saturated heterocycles. The van der Waals surface area contributed by atoms with E-state index in [9.17, 15) is 9.59 Å². The lowest BCUT2D eigenvalue weighted by atomic mass is 9.95. The van der Waals surface area contributed by atoms with Crippen molar-refractivity contribution >= 4 is 28.7 Å². The highest BCUT2D eigenvalue weighted by Gasteiger charge is 2.22. The summed E-state index contributed by atoms with van der Waals surface area (Å²) in [7, 11) is 0. The molecule has 0 radical (unpaired) electrons. The lowest BCUT2D eigenvalue weighted by Gasteiger charge is -2.24. The molecule has 2 aromatic heterocycles. The molecule has 2 N–H and O–H groups in total. The highest BCUT2D eigenvalue weighted by molar-refractivity contribution is 8.00. The molecular weight excluding hydrogens is 374 g/mol. The summed E-state index contributed by atoms with van der Waals surface area (Å²) < 4.78 is 1.64. The largest absolute Gasteiger partial charge is 0.352 e. The summed E-state index contributed by atoms with van der Waals surface area (Å²) in [6.45, 7) is 1.83. The molecule has 1 saturated carbocycles. The van der Waals surface area contributed by atoms with Crippen molar-refractivity contribution in [3.63, 3.8) is 0 Å². The first kappa shape index (κ1) is 18.7. The highest BCUT2D eigenvalue weighted by atomic mass is 32.2. The predicted octanol–water partition coefficient (Wildman–Crippen LogP) is 3.04. The van der Waals surface area contributed by atoms with Crippen LogP contribution in [-0.2, 0) is 4.79 Å². The fraction of sp³-hybridized carbons (Fsp3) is 0.400. The minimum atomic E-state index is -0.351. The first-order valence-electron chi connectivity index (χ1n) is 9.62. The second kappa shape index (κ2) is 8.18. The van der Waals surface area contributed by atoms with E-state index in [0.29, 0.717) is 16.2 Å². The third-order valence-corrected chi connectivity index (χ3v) is 6.01.